The van der Waals surface area contributed by atoms with Crippen molar-refractivity contribution in [2.75, 3.05) is 0 Å². The summed E-state index contributed by atoms with van der Waals surface area (Å²) in [6.07, 6.45) is 6.75. The summed E-state index contributed by atoms with van der Waals surface area (Å²) in [5.41, 5.74) is 0.610. The van der Waals surface area contributed by atoms with E-state index in [-0.39, 0.29) is 5.28 Å². The molecule has 3 heterocycles. The van der Waals surface area contributed by atoms with Gasteiger partial charge in [0.05, 0.1) is 11.6 Å². The second kappa shape index (κ2) is 3.03. The summed E-state index contributed by atoms with van der Waals surface area (Å²) in [6, 6.07) is 0. The molecule has 1 N–H and O–H groups in total. The largest absolute Gasteiger partial charge is 0.290 e. The minimum atomic E-state index is 0.176. The average molecular weight is 221 g/mol. The van der Waals surface area contributed by atoms with Crippen molar-refractivity contribution in [2.24, 2.45) is 0 Å². The molecule has 0 bridgehead atoms. The molecule has 3 aromatic heterocycles. The van der Waals surface area contributed by atoms with Crippen LogP contribution in [0.25, 0.3) is 16.9 Å². The smallest absolute Gasteiger partial charge is 0.226 e. The van der Waals surface area contributed by atoms with Gasteiger partial charge in [-0.05, 0) is 11.6 Å². The Morgan fingerprint density at radius 3 is 3.07 bits per heavy atom. The Labute approximate surface area is 88.9 Å². The lowest BCUT2D eigenvalue weighted by molar-refractivity contribution is 0.991. The van der Waals surface area contributed by atoms with Crippen molar-refractivity contribution >= 4 is 22.6 Å². The van der Waals surface area contributed by atoms with Gasteiger partial charge in [0.2, 0.25) is 5.28 Å². The van der Waals surface area contributed by atoms with Gasteiger partial charge in [-0.3, -0.25) is 9.67 Å². The van der Waals surface area contributed by atoms with Crippen molar-refractivity contribution in [1.29, 1.82) is 0 Å². The number of hydrogen-bond donors (Lipinski definition) is 1. The molecule has 0 aliphatic heterocycles. The van der Waals surface area contributed by atoms with Crippen LogP contribution in [0.4, 0.5) is 0 Å². The Kier molecular flexibility index (Phi) is 1.69. The van der Waals surface area contributed by atoms with E-state index in [1.807, 2.05) is 0 Å². The van der Waals surface area contributed by atoms with Crippen LogP contribution in [-0.4, -0.2) is 29.7 Å². The number of H-pyrrole nitrogens is 1. The van der Waals surface area contributed by atoms with Crippen molar-refractivity contribution in [2.45, 2.75) is 0 Å². The predicted molar refractivity (Wildman–Crippen MR) is 53.8 cm³/mol. The number of halogens is 1. The van der Waals surface area contributed by atoms with Crippen molar-refractivity contribution in [3.63, 3.8) is 0 Å². The van der Waals surface area contributed by atoms with Crippen molar-refractivity contribution < 1.29 is 0 Å². The maximum atomic E-state index is 5.79. The topological polar surface area (TPSA) is 72.3 Å². The molecular formula is C8H5ClN6. The molecule has 0 atom stereocenters. The fourth-order valence-corrected chi connectivity index (χ4v) is 1.54. The molecule has 0 fully saturated rings. The van der Waals surface area contributed by atoms with Crippen molar-refractivity contribution in [3.05, 3.63) is 30.2 Å². The first-order chi connectivity index (χ1) is 7.34. The first kappa shape index (κ1) is 8.37. The first-order valence-electron chi connectivity index (χ1n) is 4.19. The molecule has 0 aliphatic carbocycles. The zero-order valence-corrected chi connectivity index (χ0v) is 8.18. The van der Waals surface area contributed by atoms with Gasteiger partial charge in [-0.1, -0.05) is 0 Å². The van der Waals surface area contributed by atoms with E-state index in [0.717, 1.165) is 5.39 Å². The minimum Gasteiger partial charge on any atom is -0.290 e. The molecule has 3 aromatic rings. The van der Waals surface area contributed by atoms with Gasteiger partial charge >= 0.3 is 0 Å². The molecule has 0 unspecified atom stereocenters. The third kappa shape index (κ3) is 1.26. The molecule has 0 aliphatic rings. The summed E-state index contributed by atoms with van der Waals surface area (Å²) in [7, 11) is 0. The minimum absolute atomic E-state index is 0.176. The molecule has 15 heavy (non-hydrogen) atoms. The normalized spacial score (nSPS) is 11.0. The third-order valence-corrected chi connectivity index (χ3v) is 2.18. The SMILES string of the molecule is Clc1nc(-n2ccnc2)c2cn[nH]c2n1. The van der Waals surface area contributed by atoms with Gasteiger partial charge < -0.3 is 0 Å². The second-order valence-corrected chi connectivity index (χ2v) is 3.26. The monoisotopic (exact) mass is 220 g/mol. The summed E-state index contributed by atoms with van der Waals surface area (Å²) in [5, 5.41) is 7.62. The Morgan fingerprint density at radius 1 is 1.33 bits per heavy atom. The van der Waals surface area contributed by atoms with Crippen LogP contribution in [0.2, 0.25) is 5.28 Å². The Bertz CT molecular complexity index is 599. The van der Waals surface area contributed by atoms with Gasteiger partial charge in [-0.25, -0.2) is 4.98 Å². The number of nitrogens with one attached hydrogen (secondary N) is 1. The van der Waals surface area contributed by atoms with E-state index in [1.165, 1.54) is 0 Å². The highest BCUT2D eigenvalue weighted by Gasteiger charge is 2.09. The maximum absolute atomic E-state index is 5.79. The summed E-state index contributed by atoms with van der Waals surface area (Å²) in [5.74, 6) is 0.663. The number of rotatable bonds is 1. The van der Waals surface area contributed by atoms with Crippen LogP contribution in [0.3, 0.4) is 0 Å². The van der Waals surface area contributed by atoms with Crippen LogP contribution in [-0.2, 0) is 0 Å². The fourth-order valence-electron chi connectivity index (χ4n) is 1.37. The summed E-state index contributed by atoms with van der Waals surface area (Å²) in [4.78, 5) is 12.1. The molecule has 0 saturated heterocycles. The van der Waals surface area contributed by atoms with E-state index in [4.69, 9.17) is 11.6 Å². The van der Waals surface area contributed by atoms with E-state index in [1.54, 1.807) is 29.5 Å². The highest BCUT2D eigenvalue weighted by Crippen LogP contribution is 2.18. The fraction of sp³-hybridized carbons (Fsp3) is 0. The lowest BCUT2D eigenvalue weighted by Crippen LogP contribution is -1.97. The van der Waals surface area contributed by atoms with Crippen LogP contribution >= 0.6 is 11.6 Å². The molecule has 74 valence electrons. The van der Waals surface area contributed by atoms with Gasteiger partial charge in [0.15, 0.2) is 11.5 Å². The van der Waals surface area contributed by atoms with Crippen LogP contribution in [0, 0.1) is 0 Å². The molecule has 3 rings (SSSR count). The highest BCUT2D eigenvalue weighted by molar-refractivity contribution is 6.28. The Balaban J connectivity index is 2.38. The number of hydrogen-bond acceptors (Lipinski definition) is 4. The Morgan fingerprint density at radius 2 is 2.27 bits per heavy atom. The molecular weight excluding hydrogens is 216 g/mol. The molecule has 0 amide bonds. The number of nitrogens with zero attached hydrogens (tertiary/aromatic N) is 5. The summed E-state index contributed by atoms with van der Waals surface area (Å²) >= 11 is 5.79. The van der Waals surface area contributed by atoms with E-state index in [0.29, 0.717) is 11.5 Å². The number of fused-ring (bicyclic) bond motifs is 1. The van der Waals surface area contributed by atoms with Gasteiger partial charge in [-0.2, -0.15) is 15.1 Å². The summed E-state index contributed by atoms with van der Waals surface area (Å²) < 4.78 is 1.76. The van der Waals surface area contributed by atoms with E-state index in [2.05, 4.69) is 25.1 Å². The quantitative estimate of drug-likeness (QED) is 0.626. The second-order valence-electron chi connectivity index (χ2n) is 2.92. The molecule has 0 spiro atoms. The lowest BCUT2D eigenvalue weighted by Gasteiger charge is -2.01. The number of aromatic nitrogens is 6. The molecule has 7 heteroatoms. The lowest BCUT2D eigenvalue weighted by atomic mass is 10.4. The Hall–Kier alpha value is -1.95. The van der Waals surface area contributed by atoms with Gasteiger partial charge in [-0.15, -0.1) is 0 Å². The highest BCUT2D eigenvalue weighted by atomic mass is 35.5. The van der Waals surface area contributed by atoms with Gasteiger partial charge in [0.25, 0.3) is 0 Å². The van der Waals surface area contributed by atoms with Crippen LogP contribution < -0.4 is 0 Å². The average Bonchev–Trinajstić information content (AvgIpc) is 2.86. The first-order valence-corrected chi connectivity index (χ1v) is 4.57. The third-order valence-electron chi connectivity index (χ3n) is 2.01. The molecule has 6 nitrogen and oxygen atoms in total. The zero-order chi connectivity index (χ0) is 10.3. The van der Waals surface area contributed by atoms with Crippen LogP contribution in [0.15, 0.2) is 24.9 Å². The molecule has 0 radical (unpaired) electrons. The van der Waals surface area contributed by atoms with Crippen molar-refractivity contribution in [3.8, 4) is 5.82 Å². The maximum Gasteiger partial charge on any atom is 0.226 e. The van der Waals surface area contributed by atoms with Crippen molar-refractivity contribution in [1.82, 2.24) is 29.7 Å². The van der Waals surface area contributed by atoms with Gasteiger partial charge in [0.1, 0.15) is 6.33 Å². The molecule has 0 aromatic carbocycles. The van der Waals surface area contributed by atoms with E-state index < -0.39 is 0 Å². The standard InChI is InChI=1S/C8H5ClN6/c9-8-12-6-5(3-11-14-6)7(13-8)15-2-1-10-4-15/h1-4H,(H,11,12,13,14). The van der Waals surface area contributed by atoms with E-state index in [9.17, 15) is 0 Å². The predicted octanol–water partition coefficient (Wildman–Crippen LogP) is 1.19. The van der Waals surface area contributed by atoms with Gasteiger partial charge in [0, 0.05) is 12.4 Å². The van der Waals surface area contributed by atoms with E-state index >= 15 is 0 Å². The number of aromatic amines is 1. The summed E-state index contributed by atoms with van der Waals surface area (Å²) in [6.45, 7) is 0. The van der Waals surface area contributed by atoms with Crippen LogP contribution in [0.1, 0.15) is 0 Å². The molecule has 0 saturated carbocycles. The number of imidazole rings is 1. The zero-order valence-electron chi connectivity index (χ0n) is 7.42. The van der Waals surface area contributed by atoms with Crippen LogP contribution in [0.5, 0.6) is 0 Å².